The number of carbonyl (C=O) groups excluding carboxylic acids is 2. The van der Waals surface area contributed by atoms with Crippen LogP contribution in [-0.4, -0.2) is 25.5 Å². The highest BCUT2D eigenvalue weighted by atomic mass is 35.5. The van der Waals surface area contributed by atoms with Gasteiger partial charge in [0.1, 0.15) is 0 Å². The molecule has 3 rings (SSSR count). The third kappa shape index (κ3) is 4.46. The van der Waals surface area contributed by atoms with E-state index in [1.165, 1.54) is 31.4 Å². The zero-order valence-corrected chi connectivity index (χ0v) is 15.4. The Balaban J connectivity index is 1.66. The third-order valence-corrected chi connectivity index (χ3v) is 4.49. The summed E-state index contributed by atoms with van der Waals surface area (Å²) >= 11 is 6.26. The zero-order valence-electron chi connectivity index (χ0n) is 14.7. The molecule has 0 aromatic heterocycles. The van der Waals surface area contributed by atoms with Crippen LogP contribution in [0.25, 0.3) is 6.08 Å². The van der Waals surface area contributed by atoms with Crippen LogP contribution in [0.4, 0.5) is 15.8 Å². The Hall–Kier alpha value is -2.86. The summed E-state index contributed by atoms with van der Waals surface area (Å²) in [5.74, 6) is -0.697. The summed E-state index contributed by atoms with van der Waals surface area (Å²) in [5, 5.41) is 3.08. The molecule has 27 heavy (non-hydrogen) atoms. The van der Waals surface area contributed by atoms with Gasteiger partial charge in [0.2, 0.25) is 11.8 Å². The Morgan fingerprint density at radius 1 is 1.30 bits per heavy atom. The molecule has 1 aliphatic rings. The molecule has 5 nitrogen and oxygen atoms in total. The first kappa shape index (κ1) is 18.9. The molecule has 1 heterocycles. The third-order valence-electron chi connectivity index (χ3n) is 4.18. The number of halogens is 2. The normalized spacial score (nSPS) is 14.0. The van der Waals surface area contributed by atoms with Crippen molar-refractivity contribution in [3.63, 3.8) is 0 Å². The Morgan fingerprint density at radius 3 is 2.74 bits per heavy atom. The molecule has 0 aliphatic carbocycles. The fourth-order valence-corrected chi connectivity index (χ4v) is 3.13. The number of hydrogen-bond acceptors (Lipinski definition) is 3. The van der Waals surface area contributed by atoms with Crippen LogP contribution in [0.3, 0.4) is 0 Å². The van der Waals surface area contributed by atoms with E-state index in [1.807, 2.05) is 0 Å². The molecule has 2 amide bonds. The molecule has 2 aromatic rings. The monoisotopic (exact) mass is 388 g/mol. The van der Waals surface area contributed by atoms with Crippen molar-refractivity contribution in [2.45, 2.75) is 12.8 Å². The van der Waals surface area contributed by atoms with E-state index in [-0.39, 0.29) is 17.6 Å². The van der Waals surface area contributed by atoms with Gasteiger partial charge < -0.3 is 15.0 Å². The number of rotatable bonds is 5. The van der Waals surface area contributed by atoms with Crippen molar-refractivity contribution in [2.24, 2.45) is 0 Å². The summed E-state index contributed by atoms with van der Waals surface area (Å²) in [6, 6.07) is 9.41. The van der Waals surface area contributed by atoms with Gasteiger partial charge >= 0.3 is 0 Å². The summed E-state index contributed by atoms with van der Waals surface area (Å²) in [6.45, 7) is 0.644. The maximum atomic E-state index is 13.7. The lowest BCUT2D eigenvalue weighted by Gasteiger charge is -2.17. The second-order valence-electron chi connectivity index (χ2n) is 6.03. The van der Waals surface area contributed by atoms with Crippen LogP contribution in [0.2, 0.25) is 5.02 Å². The molecule has 1 aliphatic heterocycles. The number of carbonyl (C=O) groups is 2. The minimum atomic E-state index is -0.501. The number of benzene rings is 2. The van der Waals surface area contributed by atoms with Gasteiger partial charge in [-0.1, -0.05) is 17.7 Å². The van der Waals surface area contributed by atoms with E-state index in [0.29, 0.717) is 34.9 Å². The fraction of sp³-hybridized carbons (Fsp3) is 0.200. The highest BCUT2D eigenvalue weighted by Gasteiger charge is 2.23. The van der Waals surface area contributed by atoms with Crippen molar-refractivity contribution in [3.05, 3.63) is 58.9 Å². The Morgan fingerprint density at radius 2 is 2.11 bits per heavy atom. The molecule has 2 aromatic carbocycles. The smallest absolute Gasteiger partial charge is 0.248 e. The van der Waals surface area contributed by atoms with Gasteiger partial charge in [-0.25, -0.2) is 4.39 Å². The van der Waals surface area contributed by atoms with Gasteiger partial charge in [-0.15, -0.1) is 0 Å². The number of nitrogens with one attached hydrogen (secondary N) is 1. The Labute approximate surface area is 161 Å². The van der Waals surface area contributed by atoms with Crippen LogP contribution in [0, 0.1) is 5.82 Å². The molecule has 1 N–H and O–H groups in total. The predicted octanol–water partition coefficient (Wildman–Crippen LogP) is 4.27. The average Bonchev–Trinajstić information content (AvgIpc) is 3.06. The van der Waals surface area contributed by atoms with Gasteiger partial charge in [-0.2, -0.15) is 0 Å². The predicted molar refractivity (Wildman–Crippen MR) is 104 cm³/mol. The Kier molecular flexibility index (Phi) is 5.76. The molecule has 0 radical (unpaired) electrons. The van der Waals surface area contributed by atoms with Gasteiger partial charge in [-0.05, 0) is 48.4 Å². The molecule has 140 valence electrons. The second kappa shape index (κ2) is 8.22. The highest BCUT2D eigenvalue weighted by Crippen LogP contribution is 2.31. The second-order valence-corrected chi connectivity index (χ2v) is 6.44. The summed E-state index contributed by atoms with van der Waals surface area (Å²) in [4.78, 5) is 25.5. The van der Waals surface area contributed by atoms with Gasteiger partial charge in [0.05, 0.1) is 17.8 Å². The molecule has 0 spiro atoms. The van der Waals surface area contributed by atoms with Crippen LogP contribution in [0.15, 0.2) is 42.5 Å². The van der Waals surface area contributed by atoms with Crippen LogP contribution in [0.1, 0.15) is 18.4 Å². The maximum Gasteiger partial charge on any atom is 0.248 e. The molecule has 1 saturated heterocycles. The molecular weight excluding hydrogens is 371 g/mol. The van der Waals surface area contributed by atoms with E-state index >= 15 is 0 Å². The van der Waals surface area contributed by atoms with Crippen molar-refractivity contribution >= 4 is 40.9 Å². The van der Waals surface area contributed by atoms with Crippen molar-refractivity contribution in [1.29, 1.82) is 0 Å². The van der Waals surface area contributed by atoms with Gasteiger partial charge in [0.15, 0.2) is 11.6 Å². The van der Waals surface area contributed by atoms with E-state index < -0.39 is 5.82 Å². The molecular formula is C20H18ClFN2O3. The first-order valence-electron chi connectivity index (χ1n) is 8.40. The molecule has 1 fully saturated rings. The quantitative estimate of drug-likeness (QED) is 0.778. The fourth-order valence-electron chi connectivity index (χ4n) is 2.85. The average molecular weight is 389 g/mol. The largest absolute Gasteiger partial charge is 0.494 e. The first-order valence-corrected chi connectivity index (χ1v) is 8.78. The molecule has 0 bridgehead atoms. The lowest BCUT2D eigenvalue weighted by atomic mass is 10.2. The summed E-state index contributed by atoms with van der Waals surface area (Å²) in [7, 11) is 1.39. The number of nitrogens with zero attached hydrogens (tertiary/aromatic N) is 1. The summed E-state index contributed by atoms with van der Waals surface area (Å²) < 4.78 is 18.5. The standard InChI is InChI=1S/C20H18ClFN2O3/c1-27-18-8-4-13(11-16(18)22)5-9-19(25)23-14-6-7-17(15(21)12-14)24-10-2-3-20(24)26/h4-9,11-12H,2-3,10H2,1H3,(H,23,25)/b9-5+. The maximum absolute atomic E-state index is 13.7. The van der Waals surface area contributed by atoms with E-state index in [0.717, 1.165) is 6.42 Å². The highest BCUT2D eigenvalue weighted by molar-refractivity contribution is 6.34. The molecule has 7 heteroatoms. The number of methoxy groups -OCH3 is 1. The van der Waals surface area contributed by atoms with E-state index in [4.69, 9.17) is 16.3 Å². The van der Waals surface area contributed by atoms with Gasteiger partial charge in [0.25, 0.3) is 0 Å². The van der Waals surface area contributed by atoms with Crippen LogP contribution >= 0.6 is 11.6 Å². The number of hydrogen-bond donors (Lipinski definition) is 1. The molecule has 0 unspecified atom stereocenters. The minimum Gasteiger partial charge on any atom is -0.494 e. The number of anilines is 2. The number of ether oxygens (including phenoxy) is 1. The van der Waals surface area contributed by atoms with E-state index in [1.54, 1.807) is 29.2 Å². The Bertz CT molecular complexity index is 914. The minimum absolute atomic E-state index is 0.0448. The van der Waals surface area contributed by atoms with E-state index in [2.05, 4.69) is 5.32 Å². The van der Waals surface area contributed by atoms with Crippen LogP contribution in [-0.2, 0) is 9.59 Å². The van der Waals surface area contributed by atoms with Gasteiger partial charge in [0, 0.05) is 24.7 Å². The van der Waals surface area contributed by atoms with Crippen molar-refractivity contribution in [3.8, 4) is 5.75 Å². The zero-order chi connectivity index (χ0) is 19.4. The van der Waals surface area contributed by atoms with Crippen molar-refractivity contribution in [2.75, 3.05) is 23.9 Å². The van der Waals surface area contributed by atoms with Crippen LogP contribution in [0.5, 0.6) is 5.75 Å². The van der Waals surface area contributed by atoms with Gasteiger partial charge in [-0.3, -0.25) is 9.59 Å². The topological polar surface area (TPSA) is 58.6 Å². The number of amides is 2. The first-order chi connectivity index (χ1) is 13.0. The molecule has 0 saturated carbocycles. The summed E-state index contributed by atoms with van der Waals surface area (Å²) in [5.41, 5.74) is 1.68. The lowest BCUT2D eigenvalue weighted by molar-refractivity contribution is -0.117. The summed E-state index contributed by atoms with van der Waals surface area (Å²) in [6.07, 6.45) is 4.12. The lowest BCUT2D eigenvalue weighted by Crippen LogP contribution is -2.24. The van der Waals surface area contributed by atoms with E-state index in [9.17, 15) is 14.0 Å². The van der Waals surface area contributed by atoms with Crippen molar-refractivity contribution in [1.82, 2.24) is 0 Å². The molecule has 0 atom stereocenters. The van der Waals surface area contributed by atoms with Crippen molar-refractivity contribution < 1.29 is 18.7 Å². The van der Waals surface area contributed by atoms with Crippen LogP contribution < -0.4 is 15.0 Å². The SMILES string of the molecule is COc1ccc(/C=C/C(=O)Nc2ccc(N3CCCC3=O)c(Cl)c2)cc1F.